The van der Waals surface area contributed by atoms with Crippen molar-refractivity contribution in [3.63, 3.8) is 0 Å². The molecule has 8 atom stereocenters. The fraction of sp³-hybridized carbons (Fsp3) is 0.767. The molecular weight excluding hydrogens is 1130 g/mol. The van der Waals surface area contributed by atoms with Gasteiger partial charge in [0.15, 0.2) is 0 Å². The number of aromatic nitrogens is 3. The lowest BCUT2D eigenvalue weighted by atomic mass is 9.90. The Morgan fingerprint density at radius 2 is 1.48 bits per heavy atom. The maximum atomic E-state index is 14.4. The summed E-state index contributed by atoms with van der Waals surface area (Å²) in [5.41, 5.74) is 2.86. The summed E-state index contributed by atoms with van der Waals surface area (Å²) in [6.45, 7) is 11.5. The minimum atomic E-state index is -3.99. The number of likely N-dealkylation sites (N-methyl/N-ethyl adjacent to an activating group) is 2. The van der Waals surface area contributed by atoms with Crippen LogP contribution < -0.4 is 20.1 Å². The van der Waals surface area contributed by atoms with Gasteiger partial charge >= 0.3 is 6.09 Å². The third-order valence-corrected chi connectivity index (χ3v) is 21.4. The number of carbonyl (C=O) groups excluding carboxylic acids is 6. The number of sulfonamides is 1. The van der Waals surface area contributed by atoms with Gasteiger partial charge in [-0.2, -0.15) is 23.5 Å². The van der Waals surface area contributed by atoms with E-state index in [1.807, 2.05) is 46.7 Å². The third kappa shape index (κ3) is 19.3. The minimum absolute atomic E-state index is 0.0205. The van der Waals surface area contributed by atoms with Gasteiger partial charge in [-0.15, -0.1) is 5.10 Å². The largest absolute Gasteiger partial charge is 0.415 e. The molecule has 3 heterocycles. The summed E-state index contributed by atoms with van der Waals surface area (Å²) in [7, 11) is 4.30. The molecule has 472 valence electrons. The van der Waals surface area contributed by atoms with Crippen LogP contribution in [-0.2, 0) is 67.9 Å². The summed E-state index contributed by atoms with van der Waals surface area (Å²) < 4.78 is 48.3. The van der Waals surface area contributed by atoms with Crippen LogP contribution in [0.25, 0.3) is 0 Å². The predicted molar refractivity (Wildman–Crippen MR) is 329 cm³/mol. The van der Waals surface area contributed by atoms with Crippen LogP contribution in [0, 0.1) is 23.7 Å². The molecule has 1 aromatic carbocycles. The van der Waals surface area contributed by atoms with Crippen molar-refractivity contribution in [2.45, 2.75) is 202 Å². The van der Waals surface area contributed by atoms with Crippen LogP contribution in [0.5, 0.6) is 5.75 Å². The number of ether oxygens (including phenoxy) is 3. The molecule has 2 saturated carbocycles. The molecule has 2 aliphatic heterocycles. The number of nitrogens with one attached hydrogen (secondary N) is 3. The second-order valence-corrected chi connectivity index (χ2v) is 28.4. The van der Waals surface area contributed by atoms with Crippen molar-refractivity contribution in [1.29, 1.82) is 0 Å². The van der Waals surface area contributed by atoms with Crippen molar-refractivity contribution in [3.8, 4) is 5.75 Å². The number of likely N-dealkylation sites (tertiary alicyclic amines) is 2. The number of nitrogens with zero attached hydrogens (tertiary/aromatic N) is 7. The van der Waals surface area contributed by atoms with Crippen LogP contribution in [0.3, 0.4) is 0 Å². The van der Waals surface area contributed by atoms with Gasteiger partial charge in [0.05, 0.1) is 65.9 Å². The van der Waals surface area contributed by atoms with E-state index in [9.17, 15) is 37.2 Å². The van der Waals surface area contributed by atoms with Crippen LogP contribution in [0.4, 0.5) is 4.79 Å². The van der Waals surface area contributed by atoms with E-state index in [4.69, 9.17) is 14.2 Å². The van der Waals surface area contributed by atoms with E-state index in [0.717, 1.165) is 36.6 Å². The van der Waals surface area contributed by atoms with Crippen molar-refractivity contribution in [2.75, 3.05) is 67.8 Å². The molecule has 1 aromatic heterocycles. The highest BCUT2D eigenvalue weighted by Crippen LogP contribution is 2.33. The Bertz CT molecular complexity index is 2560. The number of hydrogen-bond acceptors (Lipinski definition) is 16. The maximum Gasteiger partial charge on any atom is 0.415 e. The number of amides is 6. The molecule has 21 nitrogen and oxygen atoms in total. The molecule has 2 saturated heterocycles. The molecule has 3 N–H and O–H groups in total. The van der Waals surface area contributed by atoms with Crippen molar-refractivity contribution in [1.82, 2.24) is 49.9 Å². The van der Waals surface area contributed by atoms with E-state index in [2.05, 4.69) is 48.4 Å². The molecule has 2 aliphatic carbocycles. The Labute approximate surface area is 508 Å². The number of thioether (sulfide) groups is 2. The monoisotopic (exact) mass is 1230 g/mol. The fourth-order valence-corrected chi connectivity index (χ4v) is 15.6. The molecule has 6 amide bonds. The van der Waals surface area contributed by atoms with Crippen molar-refractivity contribution >= 4 is 69.2 Å². The van der Waals surface area contributed by atoms with Gasteiger partial charge in [0.1, 0.15) is 11.8 Å². The zero-order chi connectivity index (χ0) is 61.3. The summed E-state index contributed by atoms with van der Waals surface area (Å²) in [4.78, 5) is 89.8. The Morgan fingerprint density at radius 3 is 2.07 bits per heavy atom. The number of piperidine rings is 1. The fourth-order valence-electron chi connectivity index (χ4n) is 12.4. The molecule has 0 spiro atoms. The van der Waals surface area contributed by atoms with Crippen LogP contribution in [-0.4, -0.2) is 193 Å². The zero-order valence-corrected chi connectivity index (χ0v) is 54.3. The van der Waals surface area contributed by atoms with Crippen molar-refractivity contribution in [2.24, 2.45) is 23.7 Å². The van der Waals surface area contributed by atoms with Gasteiger partial charge in [0, 0.05) is 70.6 Å². The summed E-state index contributed by atoms with van der Waals surface area (Å²) in [5, 5.41) is 14.8. The number of rotatable bonds is 30. The van der Waals surface area contributed by atoms with Gasteiger partial charge in [-0.3, -0.25) is 33.6 Å². The van der Waals surface area contributed by atoms with Gasteiger partial charge in [0.2, 0.25) is 33.7 Å². The highest BCUT2D eigenvalue weighted by atomic mass is 32.2. The average Bonchev–Trinajstić information content (AvgIpc) is 3.77. The minimum Gasteiger partial charge on any atom is -0.410 e. The Balaban J connectivity index is 1.05. The lowest BCUT2D eigenvalue weighted by molar-refractivity contribution is -0.146. The van der Waals surface area contributed by atoms with Crippen LogP contribution in [0.15, 0.2) is 24.3 Å². The quantitative estimate of drug-likeness (QED) is 0.0741. The van der Waals surface area contributed by atoms with Crippen LogP contribution in [0.1, 0.15) is 148 Å². The lowest BCUT2D eigenvalue weighted by Gasteiger charge is -2.39. The standard InChI is InChI=1S/C60H98N10O11S3/c1-12-40(4)55(67(8)53(72)35-61-59(75)54(39(2)3)66(6)7)51(79-9)34-52(71)69-30-18-21-49(69)56(80-10)41(5)57(73)62-47(58(74)64-84(77,78)46-26-27-46)33-42-22-24-44(25-23-42)81-60(76)68-31-28-43(29-32-68)36-70-50(48(37-82-11)63-65-70)38-83-45-19-16-14-13-15-17-20-45/h22-25,39-41,43,45-47,49,51,54-56H,12-21,26-38H2,1-11H3,(H,61,75)(H,62,73)(H,64,74)/t40-,41+,47-,49-,51+,54?,55-,56+/m0/s1. The molecule has 4 aliphatic rings. The van der Waals surface area contributed by atoms with Gasteiger partial charge in [0.25, 0.3) is 5.91 Å². The average molecular weight is 1230 g/mol. The van der Waals surface area contributed by atoms with E-state index in [0.29, 0.717) is 74.2 Å². The topological polar surface area (TPSA) is 244 Å². The summed E-state index contributed by atoms with van der Waals surface area (Å²) in [6.07, 6.45) is 13.4. The first kappa shape index (κ1) is 68.6. The van der Waals surface area contributed by atoms with E-state index >= 15 is 0 Å². The maximum absolute atomic E-state index is 14.4. The number of benzene rings is 1. The van der Waals surface area contributed by atoms with Gasteiger partial charge < -0.3 is 39.5 Å². The second kappa shape index (κ2) is 33.0. The first-order valence-electron chi connectivity index (χ1n) is 30.6. The molecule has 84 heavy (non-hydrogen) atoms. The van der Waals surface area contributed by atoms with E-state index in [1.54, 1.807) is 64.7 Å². The Hall–Kier alpha value is -4.49. The molecule has 24 heteroatoms. The Morgan fingerprint density at radius 1 is 0.810 bits per heavy atom. The van der Waals surface area contributed by atoms with E-state index in [1.165, 1.54) is 64.9 Å². The third-order valence-electron chi connectivity index (χ3n) is 17.6. The zero-order valence-electron chi connectivity index (χ0n) is 51.8. The molecule has 2 aromatic rings. The molecule has 4 fully saturated rings. The SMILES string of the molecule is CC[C@H](C)[C@@H]([C@@H](CC(=O)N1CCC[C@H]1[C@H](OC)[C@@H](C)C(=O)N[C@@H](Cc1ccc(OC(=O)N2CCC(Cn3nnc(CSC)c3CSC3CCCCCCC3)CC2)cc1)C(=O)NS(=O)(=O)C1CC1)OC)N(C)C(=O)CNC(=O)C(C(C)C)N(C)C. The molecule has 0 radical (unpaired) electrons. The lowest BCUT2D eigenvalue weighted by Crippen LogP contribution is -2.56. The predicted octanol–water partition coefficient (Wildman–Crippen LogP) is 6.66. The highest BCUT2D eigenvalue weighted by molar-refractivity contribution is 7.99. The van der Waals surface area contributed by atoms with Crippen LogP contribution in [0.2, 0.25) is 0 Å². The first-order chi connectivity index (χ1) is 40.1. The second-order valence-electron chi connectivity index (χ2n) is 24.3. The molecular formula is C60H98N10O11S3. The van der Waals surface area contributed by atoms with Gasteiger partial charge in [-0.05, 0) is 107 Å². The summed E-state index contributed by atoms with van der Waals surface area (Å²) in [5.74, 6) is -0.895. The van der Waals surface area contributed by atoms with Crippen LogP contribution >= 0.6 is 23.5 Å². The number of carbonyl (C=O) groups is 6. The van der Waals surface area contributed by atoms with Gasteiger partial charge in [-0.25, -0.2) is 17.9 Å². The first-order valence-corrected chi connectivity index (χ1v) is 34.6. The van der Waals surface area contributed by atoms with Crippen molar-refractivity contribution in [3.05, 3.63) is 41.2 Å². The molecule has 0 bridgehead atoms. The van der Waals surface area contributed by atoms with Gasteiger partial charge in [-0.1, -0.05) is 90.5 Å². The van der Waals surface area contributed by atoms with E-state index in [-0.39, 0.29) is 48.9 Å². The normalized spacial score (nSPS) is 20.0. The molecule has 6 rings (SSSR count). The number of methoxy groups -OCH3 is 2. The van der Waals surface area contributed by atoms with E-state index < -0.39 is 75.5 Å². The Kier molecular flexibility index (Phi) is 27.0. The number of hydrogen-bond donors (Lipinski definition) is 3. The summed E-state index contributed by atoms with van der Waals surface area (Å²) in [6, 6.07) is 3.79. The van der Waals surface area contributed by atoms with Crippen molar-refractivity contribution < 1.29 is 51.4 Å². The summed E-state index contributed by atoms with van der Waals surface area (Å²) >= 11 is 3.82. The molecule has 1 unspecified atom stereocenters. The smallest absolute Gasteiger partial charge is 0.410 e. The highest BCUT2D eigenvalue weighted by Gasteiger charge is 2.44.